The standard InChI is InChI=1S/C11H18N4O3/c16-8-9-3-1-2-4-14(9)5-6-15-7-10(11(17)18)12-13-15/h7,9,16H,1-6,8H2,(H,17,18). The zero-order valence-electron chi connectivity index (χ0n) is 10.2. The minimum Gasteiger partial charge on any atom is -0.476 e. The van der Waals surface area contributed by atoms with Crippen LogP contribution in [0, 0.1) is 0 Å². The van der Waals surface area contributed by atoms with E-state index in [9.17, 15) is 9.90 Å². The number of hydrogen-bond acceptors (Lipinski definition) is 5. The molecule has 1 aromatic heterocycles. The maximum atomic E-state index is 10.7. The third-order valence-electron chi connectivity index (χ3n) is 3.33. The molecule has 0 saturated carbocycles. The summed E-state index contributed by atoms with van der Waals surface area (Å²) in [6.45, 7) is 2.51. The second kappa shape index (κ2) is 5.92. The van der Waals surface area contributed by atoms with Gasteiger partial charge in [0, 0.05) is 12.6 Å². The van der Waals surface area contributed by atoms with Gasteiger partial charge in [0.05, 0.1) is 19.3 Å². The smallest absolute Gasteiger partial charge is 0.358 e. The van der Waals surface area contributed by atoms with Gasteiger partial charge in [-0.3, -0.25) is 9.58 Å². The summed E-state index contributed by atoms with van der Waals surface area (Å²) in [7, 11) is 0. The highest BCUT2D eigenvalue weighted by molar-refractivity contribution is 5.84. The van der Waals surface area contributed by atoms with Crippen LogP contribution in [0.3, 0.4) is 0 Å². The third-order valence-corrected chi connectivity index (χ3v) is 3.33. The molecular formula is C11H18N4O3. The molecule has 2 rings (SSSR count). The largest absolute Gasteiger partial charge is 0.476 e. The van der Waals surface area contributed by atoms with Crippen molar-refractivity contribution in [3.63, 3.8) is 0 Å². The molecule has 0 spiro atoms. The summed E-state index contributed by atoms with van der Waals surface area (Å²) in [6, 6.07) is 0.223. The predicted molar refractivity (Wildman–Crippen MR) is 63.3 cm³/mol. The molecule has 0 radical (unpaired) electrons. The number of piperidine rings is 1. The van der Waals surface area contributed by atoms with E-state index in [0.29, 0.717) is 6.54 Å². The van der Waals surface area contributed by atoms with Crippen LogP contribution in [-0.4, -0.2) is 61.8 Å². The van der Waals surface area contributed by atoms with Crippen LogP contribution in [0.4, 0.5) is 0 Å². The van der Waals surface area contributed by atoms with Gasteiger partial charge < -0.3 is 10.2 Å². The van der Waals surface area contributed by atoms with Crippen molar-refractivity contribution in [3.8, 4) is 0 Å². The molecule has 7 nitrogen and oxygen atoms in total. The first kappa shape index (κ1) is 13.0. The van der Waals surface area contributed by atoms with Gasteiger partial charge in [0.1, 0.15) is 0 Å². The number of aromatic nitrogens is 3. The van der Waals surface area contributed by atoms with Crippen LogP contribution < -0.4 is 0 Å². The second-order valence-corrected chi connectivity index (χ2v) is 4.54. The Balaban J connectivity index is 1.87. The van der Waals surface area contributed by atoms with E-state index in [2.05, 4.69) is 15.2 Å². The van der Waals surface area contributed by atoms with E-state index < -0.39 is 5.97 Å². The predicted octanol–water partition coefficient (Wildman–Crippen LogP) is -0.177. The topological polar surface area (TPSA) is 91.5 Å². The number of aromatic carboxylic acids is 1. The molecule has 18 heavy (non-hydrogen) atoms. The van der Waals surface area contributed by atoms with Crippen LogP contribution in [0.25, 0.3) is 0 Å². The third kappa shape index (κ3) is 3.05. The first-order valence-corrected chi connectivity index (χ1v) is 6.19. The second-order valence-electron chi connectivity index (χ2n) is 4.54. The average Bonchev–Trinajstić information content (AvgIpc) is 2.85. The Hall–Kier alpha value is -1.47. The highest BCUT2D eigenvalue weighted by Gasteiger charge is 2.21. The molecule has 1 fully saturated rings. The van der Waals surface area contributed by atoms with E-state index in [1.165, 1.54) is 10.9 Å². The SMILES string of the molecule is O=C(O)c1cn(CCN2CCCCC2CO)nn1. The van der Waals surface area contributed by atoms with Gasteiger partial charge in [-0.25, -0.2) is 4.79 Å². The minimum atomic E-state index is -1.06. The van der Waals surface area contributed by atoms with Crippen molar-refractivity contribution >= 4 is 5.97 Å². The van der Waals surface area contributed by atoms with E-state index in [1.54, 1.807) is 0 Å². The van der Waals surface area contributed by atoms with Gasteiger partial charge in [-0.15, -0.1) is 5.10 Å². The summed E-state index contributed by atoms with van der Waals surface area (Å²) in [5.74, 6) is -1.06. The van der Waals surface area contributed by atoms with Crippen molar-refractivity contribution < 1.29 is 15.0 Å². The Kier molecular flexibility index (Phi) is 4.27. The van der Waals surface area contributed by atoms with Gasteiger partial charge in [0.2, 0.25) is 0 Å². The van der Waals surface area contributed by atoms with Gasteiger partial charge in [0.15, 0.2) is 5.69 Å². The summed E-state index contributed by atoms with van der Waals surface area (Å²) < 4.78 is 1.53. The molecule has 100 valence electrons. The molecule has 1 aliphatic rings. The molecule has 7 heteroatoms. The van der Waals surface area contributed by atoms with Gasteiger partial charge in [0.25, 0.3) is 0 Å². The van der Waals surface area contributed by atoms with Crippen molar-refractivity contribution in [2.45, 2.75) is 31.8 Å². The average molecular weight is 254 g/mol. The number of hydrogen-bond donors (Lipinski definition) is 2. The fraction of sp³-hybridized carbons (Fsp3) is 0.727. The van der Waals surface area contributed by atoms with Gasteiger partial charge in [-0.05, 0) is 19.4 Å². The van der Waals surface area contributed by atoms with Crippen molar-refractivity contribution in [3.05, 3.63) is 11.9 Å². The molecule has 2 heterocycles. The molecule has 1 unspecified atom stereocenters. The summed E-state index contributed by atoms with van der Waals surface area (Å²) in [5, 5.41) is 25.4. The van der Waals surface area contributed by atoms with Crippen LogP contribution >= 0.6 is 0 Å². The van der Waals surface area contributed by atoms with Crippen LogP contribution in [0.2, 0.25) is 0 Å². The highest BCUT2D eigenvalue weighted by atomic mass is 16.4. The number of carboxylic acid groups (broad SMARTS) is 1. The molecule has 0 bridgehead atoms. The molecular weight excluding hydrogens is 236 g/mol. The quantitative estimate of drug-likeness (QED) is 0.757. The lowest BCUT2D eigenvalue weighted by atomic mass is 10.0. The Labute approximate surface area is 105 Å². The molecule has 0 amide bonds. The first-order chi connectivity index (χ1) is 8.70. The lowest BCUT2D eigenvalue weighted by Gasteiger charge is -2.34. The fourth-order valence-corrected chi connectivity index (χ4v) is 2.30. The minimum absolute atomic E-state index is 0.0349. The molecule has 0 aromatic carbocycles. The number of aliphatic hydroxyl groups excluding tert-OH is 1. The summed E-state index contributed by atoms with van der Waals surface area (Å²) >= 11 is 0. The Morgan fingerprint density at radius 1 is 1.44 bits per heavy atom. The summed E-state index contributed by atoms with van der Waals surface area (Å²) in [5.41, 5.74) is -0.0349. The zero-order chi connectivity index (χ0) is 13.0. The molecule has 0 aliphatic carbocycles. The Morgan fingerprint density at radius 3 is 2.94 bits per heavy atom. The van der Waals surface area contributed by atoms with E-state index in [4.69, 9.17) is 5.11 Å². The fourth-order valence-electron chi connectivity index (χ4n) is 2.30. The van der Waals surface area contributed by atoms with Crippen molar-refractivity contribution in [1.29, 1.82) is 0 Å². The first-order valence-electron chi connectivity index (χ1n) is 6.19. The molecule has 1 aliphatic heterocycles. The highest BCUT2D eigenvalue weighted by Crippen LogP contribution is 2.16. The number of aliphatic hydroxyl groups is 1. The van der Waals surface area contributed by atoms with Gasteiger partial charge in [-0.2, -0.15) is 0 Å². The van der Waals surface area contributed by atoms with Gasteiger partial charge >= 0.3 is 5.97 Å². The van der Waals surface area contributed by atoms with E-state index >= 15 is 0 Å². The normalized spacial score (nSPS) is 21.1. The van der Waals surface area contributed by atoms with Crippen molar-refractivity contribution in [2.24, 2.45) is 0 Å². The number of rotatable bonds is 5. The molecule has 1 saturated heterocycles. The van der Waals surface area contributed by atoms with Crippen LogP contribution in [0.1, 0.15) is 29.8 Å². The number of carboxylic acids is 1. The summed E-state index contributed by atoms with van der Waals surface area (Å²) in [4.78, 5) is 12.9. The molecule has 2 N–H and O–H groups in total. The maximum Gasteiger partial charge on any atom is 0.358 e. The van der Waals surface area contributed by atoms with Gasteiger partial charge in [-0.1, -0.05) is 11.6 Å². The van der Waals surface area contributed by atoms with Crippen LogP contribution in [0.5, 0.6) is 0 Å². The monoisotopic (exact) mass is 254 g/mol. The van der Waals surface area contributed by atoms with E-state index in [1.807, 2.05) is 0 Å². The zero-order valence-corrected chi connectivity index (χ0v) is 10.2. The molecule has 1 atom stereocenters. The Morgan fingerprint density at radius 2 is 2.28 bits per heavy atom. The van der Waals surface area contributed by atoms with Crippen molar-refractivity contribution in [2.75, 3.05) is 19.7 Å². The number of nitrogens with zero attached hydrogens (tertiary/aromatic N) is 4. The maximum absolute atomic E-state index is 10.7. The van der Waals surface area contributed by atoms with Crippen LogP contribution in [-0.2, 0) is 6.54 Å². The van der Waals surface area contributed by atoms with E-state index in [0.717, 1.165) is 32.4 Å². The number of carbonyl (C=O) groups is 1. The summed E-state index contributed by atoms with van der Waals surface area (Å²) in [6.07, 6.45) is 4.76. The van der Waals surface area contributed by atoms with Crippen molar-refractivity contribution in [1.82, 2.24) is 19.9 Å². The lowest BCUT2D eigenvalue weighted by Crippen LogP contribution is -2.43. The lowest BCUT2D eigenvalue weighted by molar-refractivity contribution is 0.0690. The Bertz CT molecular complexity index is 407. The van der Waals surface area contributed by atoms with E-state index in [-0.39, 0.29) is 18.3 Å². The number of likely N-dealkylation sites (tertiary alicyclic amines) is 1. The molecule has 1 aromatic rings. The van der Waals surface area contributed by atoms with Crippen LogP contribution in [0.15, 0.2) is 6.20 Å².